The molecule has 1 unspecified atom stereocenters. The number of fused-ring (bicyclic) bond motifs is 2. The maximum absolute atomic E-state index is 12.3. The number of aliphatic hydroxyl groups excluding tert-OH is 1. The molecule has 3 N–H and O–H groups in total. The second-order valence-corrected chi connectivity index (χ2v) is 4.53. The molecule has 2 aromatic rings. The molecule has 3 rings (SSSR count). The van der Waals surface area contributed by atoms with Crippen molar-refractivity contribution in [2.45, 2.75) is 12.8 Å². The Hall–Kier alpha value is -2.17. The minimum atomic E-state index is -1.19. The molecule has 1 atom stereocenters. The van der Waals surface area contributed by atoms with Crippen LogP contribution in [-0.2, 0) is 6.42 Å². The predicted molar refractivity (Wildman–Crippen MR) is 73.3 cm³/mol. The highest BCUT2D eigenvalue weighted by molar-refractivity contribution is 6.05. The van der Waals surface area contributed by atoms with Crippen LogP contribution in [-0.4, -0.2) is 17.2 Å². The topological polar surface area (TPSA) is 66.6 Å². The van der Waals surface area contributed by atoms with Crippen molar-refractivity contribution < 1.29 is 9.90 Å². The molecule has 0 radical (unpaired) electrons. The lowest BCUT2D eigenvalue weighted by Crippen LogP contribution is -2.39. The van der Waals surface area contributed by atoms with Crippen molar-refractivity contribution in [2.24, 2.45) is 5.73 Å². The molecule has 0 aromatic heterocycles. The van der Waals surface area contributed by atoms with Crippen LogP contribution in [0.3, 0.4) is 0 Å². The number of anilines is 2. The molecule has 96 valence electrons. The molecule has 0 aliphatic carbocycles. The zero-order valence-electron chi connectivity index (χ0n) is 10.3. The number of aliphatic hydroxyl groups is 1. The first-order valence-corrected chi connectivity index (χ1v) is 6.11. The van der Waals surface area contributed by atoms with Gasteiger partial charge in [0.25, 0.3) is 0 Å². The minimum absolute atomic E-state index is 0.0335. The molecule has 2 aromatic carbocycles. The summed E-state index contributed by atoms with van der Waals surface area (Å²) in [6, 6.07) is 14.7. The highest BCUT2D eigenvalue weighted by atomic mass is 16.3. The average molecular weight is 254 g/mol. The van der Waals surface area contributed by atoms with Crippen LogP contribution in [0.1, 0.15) is 15.9 Å². The minimum Gasteiger partial charge on any atom is -0.361 e. The number of carbonyl (C=O) groups excluding carboxylic acids is 1. The Morgan fingerprint density at radius 3 is 2.42 bits per heavy atom. The molecule has 4 nitrogen and oxygen atoms in total. The first-order valence-electron chi connectivity index (χ1n) is 6.11. The van der Waals surface area contributed by atoms with Crippen LogP contribution < -0.4 is 10.6 Å². The number of Topliss-reactive ketones (excluding diaryl/α,β-unsaturated/α-hetero) is 1. The Labute approximate surface area is 111 Å². The molecule has 1 heterocycles. The zero-order valence-corrected chi connectivity index (χ0v) is 10.3. The number of nitrogens with two attached hydrogens (primary N) is 1. The molecule has 4 heteroatoms. The summed E-state index contributed by atoms with van der Waals surface area (Å²) in [5.41, 5.74) is 8.56. The van der Waals surface area contributed by atoms with Crippen LogP contribution in [0.2, 0.25) is 0 Å². The van der Waals surface area contributed by atoms with Gasteiger partial charge in [-0.15, -0.1) is 0 Å². The van der Waals surface area contributed by atoms with Crippen molar-refractivity contribution in [3.05, 3.63) is 59.7 Å². The third kappa shape index (κ3) is 1.91. The van der Waals surface area contributed by atoms with Gasteiger partial charge in [0.1, 0.15) is 0 Å². The Kier molecular flexibility index (Phi) is 2.81. The molecule has 19 heavy (non-hydrogen) atoms. The zero-order chi connectivity index (χ0) is 13.4. The van der Waals surface area contributed by atoms with Crippen LogP contribution in [0, 0.1) is 0 Å². The van der Waals surface area contributed by atoms with Crippen LogP contribution in [0.5, 0.6) is 0 Å². The number of carbonyl (C=O) groups is 1. The number of rotatable bonds is 1. The second kappa shape index (κ2) is 4.50. The van der Waals surface area contributed by atoms with Crippen LogP contribution in [0.4, 0.5) is 11.4 Å². The molecule has 0 saturated heterocycles. The number of benzene rings is 2. The number of ketones is 1. The molecule has 0 spiro atoms. The van der Waals surface area contributed by atoms with E-state index in [1.54, 1.807) is 17.0 Å². The van der Waals surface area contributed by atoms with E-state index in [0.29, 0.717) is 17.7 Å². The third-order valence-electron chi connectivity index (χ3n) is 3.33. The van der Waals surface area contributed by atoms with Crippen molar-refractivity contribution in [3.63, 3.8) is 0 Å². The SMILES string of the molecule is NC(O)N1c2ccccc2CC(=O)c2ccccc21. The first kappa shape index (κ1) is 11.9. The molecule has 1 aliphatic heterocycles. The lowest BCUT2D eigenvalue weighted by Gasteiger charge is -2.28. The normalized spacial score (nSPS) is 15.5. The Morgan fingerprint density at radius 1 is 1.05 bits per heavy atom. The number of nitrogens with zero attached hydrogens (tertiary/aromatic N) is 1. The smallest absolute Gasteiger partial charge is 0.185 e. The van der Waals surface area contributed by atoms with E-state index in [0.717, 1.165) is 11.3 Å². The monoisotopic (exact) mass is 254 g/mol. The Bertz CT molecular complexity index is 638. The highest BCUT2D eigenvalue weighted by Gasteiger charge is 2.27. The Morgan fingerprint density at radius 2 is 1.68 bits per heavy atom. The fourth-order valence-corrected chi connectivity index (χ4v) is 2.50. The van der Waals surface area contributed by atoms with Gasteiger partial charge in [-0.1, -0.05) is 30.3 Å². The van der Waals surface area contributed by atoms with Gasteiger partial charge in [0.05, 0.1) is 5.69 Å². The summed E-state index contributed by atoms with van der Waals surface area (Å²) in [6.07, 6.45) is -0.871. The van der Waals surface area contributed by atoms with Crippen molar-refractivity contribution in [1.82, 2.24) is 0 Å². The molecular weight excluding hydrogens is 240 g/mol. The van der Waals surface area contributed by atoms with Gasteiger partial charge in [0, 0.05) is 17.7 Å². The second-order valence-electron chi connectivity index (χ2n) is 4.53. The van der Waals surface area contributed by atoms with E-state index in [4.69, 9.17) is 5.73 Å². The fraction of sp³-hybridized carbons (Fsp3) is 0.133. The van der Waals surface area contributed by atoms with Gasteiger partial charge in [-0.2, -0.15) is 0 Å². The number of para-hydroxylation sites is 2. The van der Waals surface area contributed by atoms with E-state index in [-0.39, 0.29) is 5.78 Å². The number of hydrogen-bond donors (Lipinski definition) is 2. The maximum atomic E-state index is 12.3. The summed E-state index contributed by atoms with van der Waals surface area (Å²) in [5.74, 6) is 0.0335. The summed E-state index contributed by atoms with van der Waals surface area (Å²) >= 11 is 0. The van der Waals surface area contributed by atoms with E-state index < -0.39 is 6.35 Å². The van der Waals surface area contributed by atoms with Crippen LogP contribution >= 0.6 is 0 Å². The van der Waals surface area contributed by atoms with Gasteiger partial charge in [-0.25, -0.2) is 0 Å². The predicted octanol–water partition coefficient (Wildman–Crippen LogP) is 1.80. The van der Waals surface area contributed by atoms with Gasteiger partial charge in [0.2, 0.25) is 0 Å². The first-order chi connectivity index (χ1) is 9.18. The molecular formula is C15H14N2O2. The van der Waals surface area contributed by atoms with Gasteiger partial charge in [-0.3, -0.25) is 10.5 Å². The van der Waals surface area contributed by atoms with E-state index in [9.17, 15) is 9.90 Å². The van der Waals surface area contributed by atoms with E-state index in [1.165, 1.54) is 0 Å². The number of hydrogen-bond acceptors (Lipinski definition) is 4. The molecule has 0 bridgehead atoms. The molecule has 0 saturated carbocycles. The largest absolute Gasteiger partial charge is 0.361 e. The van der Waals surface area contributed by atoms with Crippen molar-refractivity contribution in [2.75, 3.05) is 4.90 Å². The average Bonchev–Trinajstić information content (AvgIpc) is 2.53. The van der Waals surface area contributed by atoms with Gasteiger partial charge in [0.15, 0.2) is 12.1 Å². The van der Waals surface area contributed by atoms with E-state index in [1.807, 2.05) is 36.4 Å². The fourth-order valence-electron chi connectivity index (χ4n) is 2.50. The van der Waals surface area contributed by atoms with Crippen molar-refractivity contribution in [3.8, 4) is 0 Å². The van der Waals surface area contributed by atoms with E-state index >= 15 is 0 Å². The highest BCUT2D eigenvalue weighted by Crippen LogP contribution is 2.36. The summed E-state index contributed by atoms with van der Waals surface area (Å²) in [6.45, 7) is 0. The summed E-state index contributed by atoms with van der Waals surface area (Å²) in [7, 11) is 0. The molecule has 0 amide bonds. The van der Waals surface area contributed by atoms with Crippen molar-refractivity contribution >= 4 is 17.2 Å². The molecule has 0 fully saturated rings. The van der Waals surface area contributed by atoms with Gasteiger partial charge in [-0.05, 0) is 23.8 Å². The summed E-state index contributed by atoms with van der Waals surface area (Å²) in [4.78, 5) is 13.9. The Balaban J connectivity index is 2.29. The summed E-state index contributed by atoms with van der Waals surface area (Å²) in [5, 5.41) is 9.87. The van der Waals surface area contributed by atoms with Crippen molar-refractivity contribution in [1.29, 1.82) is 0 Å². The molecule has 1 aliphatic rings. The maximum Gasteiger partial charge on any atom is 0.185 e. The summed E-state index contributed by atoms with van der Waals surface area (Å²) < 4.78 is 0. The lowest BCUT2D eigenvalue weighted by molar-refractivity contribution is 0.0994. The van der Waals surface area contributed by atoms with Crippen LogP contribution in [0.25, 0.3) is 0 Å². The van der Waals surface area contributed by atoms with Gasteiger partial charge < -0.3 is 10.0 Å². The van der Waals surface area contributed by atoms with Gasteiger partial charge >= 0.3 is 0 Å². The van der Waals surface area contributed by atoms with E-state index in [2.05, 4.69) is 0 Å². The quantitative estimate of drug-likeness (QED) is 0.761. The lowest BCUT2D eigenvalue weighted by atomic mass is 10.0. The third-order valence-corrected chi connectivity index (χ3v) is 3.33. The van der Waals surface area contributed by atoms with Crippen LogP contribution in [0.15, 0.2) is 48.5 Å². The standard InChI is InChI=1S/C15H14N2O2/c16-15(19)17-12-7-3-1-5-10(12)9-14(18)11-6-2-4-8-13(11)17/h1-8,15,19H,9,16H2.